The maximum Gasteiger partial charge on any atom is 0.0762 e. The van der Waals surface area contributed by atoms with Gasteiger partial charge in [-0.1, -0.05) is 17.7 Å². The maximum absolute atomic E-state index is 6.42. The highest BCUT2D eigenvalue weighted by atomic mass is 35.5. The minimum absolute atomic E-state index is 0.340. The monoisotopic (exact) mass is 280 g/mol. The molecular weight excluding hydrogens is 260 g/mol. The van der Waals surface area contributed by atoms with E-state index < -0.39 is 0 Å². The summed E-state index contributed by atoms with van der Waals surface area (Å²) in [5, 5.41) is 4.37. The van der Waals surface area contributed by atoms with Gasteiger partial charge in [0, 0.05) is 32.8 Å². The smallest absolute Gasteiger partial charge is 0.0762 e. The molecule has 1 saturated carbocycles. The van der Waals surface area contributed by atoms with E-state index in [0.717, 1.165) is 42.8 Å². The molecule has 3 rings (SSSR count). The number of methoxy groups -OCH3 is 1. The van der Waals surface area contributed by atoms with Gasteiger partial charge in [0.1, 0.15) is 0 Å². The number of ether oxygens (including phenoxy) is 1. The lowest BCUT2D eigenvalue weighted by molar-refractivity contribution is 0.121. The first-order valence-electron chi connectivity index (χ1n) is 7.06. The molecule has 1 saturated heterocycles. The Morgan fingerprint density at radius 3 is 2.84 bits per heavy atom. The standard InChI is InChI=1S/C15H21ClN2O/c1-19-13-6-7-18(10-13)15-5-2-11(8-14(15)16)9-17-12-3-4-12/h2,5,8,12-13,17H,3-4,6-7,9-10H2,1H3. The van der Waals surface area contributed by atoms with E-state index in [1.54, 1.807) is 7.11 Å². The average Bonchev–Trinajstić information content (AvgIpc) is 3.13. The quantitative estimate of drug-likeness (QED) is 0.898. The lowest BCUT2D eigenvalue weighted by Crippen LogP contribution is -2.22. The second kappa shape index (κ2) is 5.70. The predicted molar refractivity (Wildman–Crippen MR) is 78.9 cm³/mol. The average molecular weight is 281 g/mol. The molecule has 0 radical (unpaired) electrons. The second-order valence-electron chi connectivity index (χ2n) is 5.53. The zero-order chi connectivity index (χ0) is 13.2. The van der Waals surface area contributed by atoms with Crippen molar-refractivity contribution in [2.45, 2.75) is 38.0 Å². The molecule has 1 aromatic rings. The van der Waals surface area contributed by atoms with Crippen molar-refractivity contribution in [3.8, 4) is 0 Å². The molecule has 4 heteroatoms. The van der Waals surface area contributed by atoms with Gasteiger partial charge in [-0.05, 0) is 37.0 Å². The molecule has 104 valence electrons. The zero-order valence-electron chi connectivity index (χ0n) is 11.4. The fourth-order valence-corrected chi connectivity index (χ4v) is 2.93. The summed E-state index contributed by atoms with van der Waals surface area (Å²) in [5.74, 6) is 0. The van der Waals surface area contributed by atoms with E-state index in [1.165, 1.54) is 18.4 Å². The SMILES string of the molecule is COC1CCN(c2ccc(CNC3CC3)cc2Cl)C1. The fraction of sp³-hybridized carbons (Fsp3) is 0.600. The van der Waals surface area contributed by atoms with Crippen LogP contribution in [0.5, 0.6) is 0 Å². The summed E-state index contributed by atoms with van der Waals surface area (Å²) in [6.07, 6.45) is 4.06. The van der Waals surface area contributed by atoms with Crippen LogP contribution in [0.25, 0.3) is 0 Å². The van der Waals surface area contributed by atoms with Crippen LogP contribution in [0, 0.1) is 0 Å². The lowest BCUT2D eigenvalue weighted by Gasteiger charge is -2.20. The predicted octanol–water partition coefficient (Wildman–Crippen LogP) is 2.82. The van der Waals surface area contributed by atoms with Crippen LogP contribution in [-0.4, -0.2) is 32.3 Å². The first-order chi connectivity index (χ1) is 9.26. The molecule has 0 bridgehead atoms. The third-order valence-corrected chi connectivity index (χ3v) is 4.31. The molecule has 1 atom stereocenters. The molecule has 1 aliphatic heterocycles. The Kier molecular flexibility index (Phi) is 3.96. The highest BCUT2D eigenvalue weighted by molar-refractivity contribution is 6.33. The van der Waals surface area contributed by atoms with Crippen LogP contribution in [0.1, 0.15) is 24.8 Å². The van der Waals surface area contributed by atoms with Gasteiger partial charge in [0.25, 0.3) is 0 Å². The Morgan fingerprint density at radius 2 is 2.21 bits per heavy atom. The first-order valence-corrected chi connectivity index (χ1v) is 7.43. The minimum atomic E-state index is 0.340. The molecule has 2 fully saturated rings. The summed E-state index contributed by atoms with van der Waals surface area (Å²) >= 11 is 6.42. The fourth-order valence-electron chi connectivity index (χ4n) is 2.61. The van der Waals surface area contributed by atoms with Gasteiger partial charge in [-0.2, -0.15) is 0 Å². The van der Waals surface area contributed by atoms with Crippen LogP contribution in [0.15, 0.2) is 18.2 Å². The van der Waals surface area contributed by atoms with Crippen LogP contribution in [0.3, 0.4) is 0 Å². The molecule has 1 heterocycles. The zero-order valence-corrected chi connectivity index (χ0v) is 12.1. The molecule has 2 aliphatic rings. The van der Waals surface area contributed by atoms with Crippen molar-refractivity contribution < 1.29 is 4.74 Å². The normalized spacial score (nSPS) is 23.1. The van der Waals surface area contributed by atoms with Crippen molar-refractivity contribution >= 4 is 17.3 Å². The highest BCUT2D eigenvalue weighted by Gasteiger charge is 2.24. The maximum atomic E-state index is 6.42. The Morgan fingerprint density at radius 1 is 1.37 bits per heavy atom. The van der Waals surface area contributed by atoms with E-state index in [9.17, 15) is 0 Å². The van der Waals surface area contributed by atoms with E-state index in [0.29, 0.717) is 6.10 Å². The van der Waals surface area contributed by atoms with Gasteiger partial charge in [-0.3, -0.25) is 0 Å². The number of rotatable bonds is 5. The van der Waals surface area contributed by atoms with Crippen LogP contribution in [0.2, 0.25) is 5.02 Å². The molecule has 1 unspecified atom stereocenters. The molecule has 0 amide bonds. The molecule has 1 aliphatic carbocycles. The largest absolute Gasteiger partial charge is 0.380 e. The number of halogens is 1. The third-order valence-electron chi connectivity index (χ3n) is 4.00. The highest BCUT2D eigenvalue weighted by Crippen LogP contribution is 2.30. The van der Waals surface area contributed by atoms with E-state index in [2.05, 4.69) is 28.4 Å². The second-order valence-corrected chi connectivity index (χ2v) is 5.94. The van der Waals surface area contributed by atoms with Gasteiger partial charge < -0.3 is 15.0 Å². The van der Waals surface area contributed by atoms with E-state index in [4.69, 9.17) is 16.3 Å². The topological polar surface area (TPSA) is 24.5 Å². The minimum Gasteiger partial charge on any atom is -0.380 e. The van der Waals surface area contributed by atoms with Crippen molar-refractivity contribution in [3.05, 3.63) is 28.8 Å². The Hall–Kier alpha value is -0.770. The van der Waals surface area contributed by atoms with Crippen LogP contribution in [-0.2, 0) is 11.3 Å². The molecular formula is C15H21ClN2O. The number of anilines is 1. The van der Waals surface area contributed by atoms with Crippen LogP contribution >= 0.6 is 11.6 Å². The van der Waals surface area contributed by atoms with Gasteiger partial charge in [0.15, 0.2) is 0 Å². The van der Waals surface area contributed by atoms with Gasteiger partial charge in [-0.15, -0.1) is 0 Å². The summed E-state index contributed by atoms with van der Waals surface area (Å²) in [5.41, 5.74) is 2.40. The molecule has 1 aromatic carbocycles. The summed E-state index contributed by atoms with van der Waals surface area (Å²) in [6, 6.07) is 7.15. The van der Waals surface area contributed by atoms with Crippen LogP contribution in [0.4, 0.5) is 5.69 Å². The third kappa shape index (κ3) is 3.22. The van der Waals surface area contributed by atoms with Crippen molar-refractivity contribution in [1.29, 1.82) is 0 Å². The summed E-state index contributed by atoms with van der Waals surface area (Å²) in [7, 11) is 1.78. The van der Waals surface area contributed by atoms with Crippen molar-refractivity contribution in [2.24, 2.45) is 0 Å². The summed E-state index contributed by atoms with van der Waals surface area (Å²) in [4.78, 5) is 2.31. The number of hydrogen-bond donors (Lipinski definition) is 1. The Labute approximate surface area is 119 Å². The molecule has 1 N–H and O–H groups in total. The summed E-state index contributed by atoms with van der Waals surface area (Å²) < 4.78 is 5.40. The number of nitrogens with zero attached hydrogens (tertiary/aromatic N) is 1. The summed E-state index contributed by atoms with van der Waals surface area (Å²) in [6.45, 7) is 2.89. The van der Waals surface area contributed by atoms with E-state index >= 15 is 0 Å². The Bertz CT molecular complexity index is 448. The number of benzene rings is 1. The Balaban J connectivity index is 1.65. The molecule has 0 aromatic heterocycles. The number of nitrogens with one attached hydrogen (secondary N) is 1. The van der Waals surface area contributed by atoms with Gasteiger partial charge >= 0.3 is 0 Å². The van der Waals surface area contributed by atoms with Crippen molar-refractivity contribution in [3.63, 3.8) is 0 Å². The molecule has 0 spiro atoms. The van der Waals surface area contributed by atoms with Crippen LogP contribution < -0.4 is 10.2 Å². The van der Waals surface area contributed by atoms with E-state index in [1.807, 2.05) is 0 Å². The molecule has 3 nitrogen and oxygen atoms in total. The first kappa shape index (κ1) is 13.2. The number of hydrogen-bond acceptors (Lipinski definition) is 3. The van der Waals surface area contributed by atoms with E-state index in [-0.39, 0.29) is 0 Å². The van der Waals surface area contributed by atoms with Crippen molar-refractivity contribution in [2.75, 3.05) is 25.1 Å². The van der Waals surface area contributed by atoms with Gasteiger partial charge in [0.2, 0.25) is 0 Å². The van der Waals surface area contributed by atoms with Gasteiger partial charge in [-0.25, -0.2) is 0 Å². The molecule has 19 heavy (non-hydrogen) atoms. The lowest BCUT2D eigenvalue weighted by atomic mass is 10.2. The van der Waals surface area contributed by atoms with Crippen molar-refractivity contribution in [1.82, 2.24) is 5.32 Å². The van der Waals surface area contributed by atoms with Gasteiger partial charge in [0.05, 0.1) is 16.8 Å².